The second kappa shape index (κ2) is 8.63. The monoisotopic (exact) mass is 399 g/mol. The van der Waals surface area contributed by atoms with Crippen molar-refractivity contribution in [2.24, 2.45) is 0 Å². The highest BCUT2D eigenvalue weighted by Gasteiger charge is 2.30. The molecule has 2 aromatic rings. The first-order valence-corrected chi connectivity index (χ1v) is 10.2. The third kappa shape index (κ3) is 4.75. The largest absolute Gasteiger partial charge is 0.352 e. The maximum Gasteiger partial charge on any atom is 0.322 e. The average molecular weight is 399 g/mol. The number of rotatable bonds is 5. The zero-order chi connectivity index (χ0) is 20.2. The number of carbonyl (C=O) groups is 2. The molecule has 154 valence electrons. The predicted octanol–water partition coefficient (Wildman–Crippen LogP) is 3.45. The van der Waals surface area contributed by atoms with Gasteiger partial charge in [0.15, 0.2) is 0 Å². The Balaban J connectivity index is 1.33. The van der Waals surface area contributed by atoms with Crippen LogP contribution in [0.3, 0.4) is 0 Å². The zero-order valence-corrected chi connectivity index (χ0v) is 16.3. The quantitative estimate of drug-likeness (QED) is 0.808. The van der Waals surface area contributed by atoms with E-state index in [2.05, 4.69) is 15.7 Å². The summed E-state index contributed by atoms with van der Waals surface area (Å²) in [7, 11) is 0. The summed E-state index contributed by atoms with van der Waals surface area (Å²) < 4.78 is 14.7. The highest BCUT2D eigenvalue weighted by Crippen LogP contribution is 2.32. The molecule has 2 N–H and O–H groups in total. The van der Waals surface area contributed by atoms with Crippen molar-refractivity contribution in [3.05, 3.63) is 48.0 Å². The van der Waals surface area contributed by atoms with Crippen LogP contribution in [-0.2, 0) is 11.3 Å². The number of hydrogen-bond acceptors (Lipinski definition) is 3. The molecule has 2 aliphatic rings. The summed E-state index contributed by atoms with van der Waals surface area (Å²) in [5, 5.41) is 10.1. The number of aromatic nitrogens is 2. The molecule has 0 bridgehead atoms. The summed E-state index contributed by atoms with van der Waals surface area (Å²) in [6, 6.07) is 6.29. The molecule has 0 unspecified atom stereocenters. The topological polar surface area (TPSA) is 79.3 Å². The van der Waals surface area contributed by atoms with Crippen LogP contribution in [0.5, 0.6) is 0 Å². The number of halogens is 1. The van der Waals surface area contributed by atoms with Crippen LogP contribution >= 0.6 is 0 Å². The lowest BCUT2D eigenvalue weighted by Gasteiger charge is -2.25. The molecule has 1 saturated carbocycles. The number of hydrogen-bond donors (Lipinski definition) is 2. The third-order valence-corrected chi connectivity index (χ3v) is 5.68. The van der Waals surface area contributed by atoms with E-state index in [4.69, 9.17) is 0 Å². The van der Waals surface area contributed by atoms with Gasteiger partial charge in [-0.1, -0.05) is 25.0 Å². The number of likely N-dealkylation sites (tertiary alicyclic amines) is 1. The van der Waals surface area contributed by atoms with Gasteiger partial charge in [0, 0.05) is 18.8 Å². The van der Waals surface area contributed by atoms with Crippen molar-refractivity contribution in [3.63, 3.8) is 0 Å². The fourth-order valence-corrected chi connectivity index (χ4v) is 4.24. The van der Waals surface area contributed by atoms with E-state index in [0.717, 1.165) is 44.1 Å². The Morgan fingerprint density at radius 3 is 2.62 bits per heavy atom. The predicted molar refractivity (Wildman–Crippen MR) is 107 cm³/mol. The van der Waals surface area contributed by atoms with Gasteiger partial charge in [0.1, 0.15) is 12.4 Å². The van der Waals surface area contributed by atoms with E-state index in [1.807, 2.05) is 0 Å². The minimum Gasteiger partial charge on any atom is -0.352 e. The lowest BCUT2D eigenvalue weighted by atomic mass is 10.0. The molecule has 1 aliphatic heterocycles. The van der Waals surface area contributed by atoms with Crippen molar-refractivity contribution in [1.29, 1.82) is 0 Å². The molecule has 2 fully saturated rings. The van der Waals surface area contributed by atoms with Gasteiger partial charge in [0.05, 0.1) is 17.9 Å². The smallest absolute Gasteiger partial charge is 0.322 e. The van der Waals surface area contributed by atoms with Crippen LogP contribution in [0.2, 0.25) is 0 Å². The highest BCUT2D eigenvalue weighted by atomic mass is 19.1. The van der Waals surface area contributed by atoms with E-state index >= 15 is 0 Å². The molecule has 1 aliphatic carbocycles. The molecule has 1 aromatic heterocycles. The summed E-state index contributed by atoms with van der Waals surface area (Å²) in [5.41, 5.74) is 1.48. The summed E-state index contributed by atoms with van der Waals surface area (Å²) >= 11 is 0. The van der Waals surface area contributed by atoms with Crippen LogP contribution in [0.4, 0.5) is 14.9 Å². The fraction of sp³-hybridized carbons (Fsp3) is 0.476. The van der Waals surface area contributed by atoms with Crippen molar-refractivity contribution in [1.82, 2.24) is 20.0 Å². The van der Waals surface area contributed by atoms with Crippen LogP contribution in [0.1, 0.15) is 50.1 Å². The highest BCUT2D eigenvalue weighted by molar-refractivity contribution is 5.89. The summed E-state index contributed by atoms with van der Waals surface area (Å²) in [6.07, 6.45) is 9.36. The lowest BCUT2D eigenvalue weighted by Crippen LogP contribution is -2.35. The Hall–Kier alpha value is -2.90. The average Bonchev–Trinajstić information content (AvgIpc) is 3.44. The molecule has 4 rings (SSSR count). The van der Waals surface area contributed by atoms with Gasteiger partial charge in [-0.2, -0.15) is 5.10 Å². The van der Waals surface area contributed by atoms with Crippen molar-refractivity contribution >= 4 is 17.6 Å². The number of carbonyl (C=O) groups excluding carboxylic acids is 2. The third-order valence-electron chi connectivity index (χ3n) is 5.68. The Bertz CT molecular complexity index is 860. The normalized spacial score (nSPS) is 19.5. The van der Waals surface area contributed by atoms with E-state index in [1.54, 1.807) is 29.4 Å². The summed E-state index contributed by atoms with van der Waals surface area (Å²) in [5.74, 6) is -0.346. The molecule has 0 spiro atoms. The van der Waals surface area contributed by atoms with Crippen LogP contribution in [0.25, 0.3) is 0 Å². The second-order valence-electron chi connectivity index (χ2n) is 7.81. The molecular formula is C21H26FN5O2. The number of urea groups is 1. The second-order valence-corrected chi connectivity index (χ2v) is 7.81. The van der Waals surface area contributed by atoms with Crippen LogP contribution < -0.4 is 10.6 Å². The van der Waals surface area contributed by atoms with E-state index in [0.29, 0.717) is 12.2 Å². The van der Waals surface area contributed by atoms with Crippen molar-refractivity contribution in [2.45, 2.75) is 57.2 Å². The summed E-state index contributed by atoms with van der Waals surface area (Å²) in [4.78, 5) is 26.7. The molecule has 3 amide bonds. The van der Waals surface area contributed by atoms with Crippen LogP contribution in [0.15, 0.2) is 36.7 Å². The van der Waals surface area contributed by atoms with Gasteiger partial charge in [0.2, 0.25) is 5.91 Å². The molecule has 1 aromatic carbocycles. The van der Waals surface area contributed by atoms with Crippen molar-refractivity contribution in [2.75, 3.05) is 11.9 Å². The lowest BCUT2D eigenvalue weighted by molar-refractivity contribution is -0.122. The zero-order valence-electron chi connectivity index (χ0n) is 16.3. The molecule has 0 radical (unpaired) electrons. The number of nitrogens with zero attached hydrogens (tertiary/aromatic N) is 3. The minimum atomic E-state index is -0.285. The SMILES string of the molecule is O=C(Cn1cc(NC(=O)N2CCC[C@H]2c2ccc(F)cc2)cn1)NC1CCCC1. The molecule has 29 heavy (non-hydrogen) atoms. The number of anilines is 1. The van der Waals surface area contributed by atoms with Crippen LogP contribution in [0, 0.1) is 5.82 Å². The van der Waals surface area contributed by atoms with Gasteiger partial charge in [-0.05, 0) is 43.4 Å². The van der Waals surface area contributed by atoms with Gasteiger partial charge in [-0.3, -0.25) is 9.48 Å². The Labute approximate surface area is 169 Å². The van der Waals surface area contributed by atoms with E-state index in [-0.39, 0.29) is 36.4 Å². The molecule has 7 nitrogen and oxygen atoms in total. The molecule has 8 heteroatoms. The molecule has 1 atom stereocenters. The number of nitrogens with one attached hydrogen (secondary N) is 2. The first kappa shape index (κ1) is 19.4. The van der Waals surface area contributed by atoms with Gasteiger partial charge in [-0.15, -0.1) is 0 Å². The molecule has 1 saturated heterocycles. The maximum atomic E-state index is 13.2. The van der Waals surface area contributed by atoms with Gasteiger partial charge >= 0.3 is 6.03 Å². The Morgan fingerprint density at radius 1 is 1.10 bits per heavy atom. The minimum absolute atomic E-state index is 0.0613. The summed E-state index contributed by atoms with van der Waals surface area (Å²) in [6.45, 7) is 0.778. The van der Waals surface area contributed by atoms with Gasteiger partial charge in [0.25, 0.3) is 0 Å². The molecule has 2 heterocycles. The fourth-order valence-electron chi connectivity index (χ4n) is 4.24. The molecular weight excluding hydrogens is 373 g/mol. The maximum absolute atomic E-state index is 13.2. The van der Waals surface area contributed by atoms with E-state index in [1.165, 1.54) is 16.8 Å². The first-order valence-electron chi connectivity index (χ1n) is 10.2. The van der Waals surface area contributed by atoms with Gasteiger partial charge in [-0.25, -0.2) is 9.18 Å². The van der Waals surface area contributed by atoms with E-state index in [9.17, 15) is 14.0 Å². The first-order chi connectivity index (χ1) is 14.1. The standard InChI is InChI=1S/C21H26FN5O2/c22-16-9-7-15(8-10-16)19-6-3-11-27(19)21(29)25-18-12-23-26(13-18)14-20(28)24-17-4-1-2-5-17/h7-10,12-13,17,19H,1-6,11,14H2,(H,24,28)(H,25,29)/t19-/m0/s1. The van der Waals surface area contributed by atoms with Crippen molar-refractivity contribution < 1.29 is 14.0 Å². The van der Waals surface area contributed by atoms with Crippen LogP contribution in [-0.4, -0.2) is 39.2 Å². The van der Waals surface area contributed by atoms with E-state index < -0.39 is 0 Å². The number of benzene rings is 1. The Morgan fingerprint density at radius 2 is 1.86 bits per heavy atom. The number of amides is 3. The van der Waals surface area contributed by atoms with Crippen molar-refractivity contribution in [3.8, 4) is 0 Å². The Kier molecular flexibility index (Phi) is 5.78. The van der Waals surface area contributed by atoms with Gasteiger partial charge < -0.3 is 15.5 Å².